The number of aromatic amines is 1. The van der Waals surface area contributed by atoms with Crippen molar-refractivity contribution < 1.29 is 0 Å². The number of hydrogen-bond donors (Lipinski definition) is 1. The van der Waals surface area contributed by atoms with E-state index < -0.39 is 11.2 Å². The molecule has 3 aromatic rings. The van der Waals surface area contributed by atoms with Crippen molar-refractivity contribution in [2.24, 2.45) is 0 Å². The molecule has 90 valence electrons. The molecular weight excluding hydrogens is 272 g/mol. The minimum Gasteiger partial charge on any atom is -0.306 e. The summed E-state index contributed by atoms with van der Waals surface area (Å²) in [4.78, 5) is 26.9. The Morgan fingerprint density at radius 1 is 1.17 bits per heavy atom. The van der Waals surface area contributed by atoms with Crippen molar-refractivity contribution in [2.45, 2.75) is 0 Å². The van der Waals surface area contributed by atoms with E-state index in [4.69, 9.17) is 11.6 Å². The van der Waals surface area contributed by atoms with Gasteiger partial charge < -0.3 is 4.98 Å². The number of nitrogens with one attached hydrogen (secondary N) is 1. The lowest BCUT2D eigenvalue weighted by Gasteiger charge is -2.04. The molecule has 0 amide bonds. The molecule has 0 aliphatic carbocycles. The van der Waals surface area contributed by atoms with E-state index in [0.29, 0.717) is 20.9 Å². The summed E-state index contributed by atoms with van der Waals surface area (Å²) in [6.07, 6.45) is 0. The van der Waals surface area contributed by atoms with Crippen molar-refractivity contribution in [2.75, 3.05) is 0 Å². The molecule has 0 fully saturated rings. The molecule has 18 heavy (non-hydrogen) atoms. The second-order valence-corrected chi connectivity index (χ2v) is 5.02. The molecule has 0 saturated carbocycles. The second-order valence-electron chi connectivity index (χ2n) is 3.68. The van der Waals surface area contributed by atoms with Crippen LogP contribution in [0.5, 0.6) is 0 Å². The van der Waals surface area contributed by atoms with Crippen LogP contribution in [0.3, 0.4) is 0 Å². The zero-order chi connectivity index (χ0) is 12.7. The molecule has 0 radical (unpaired) electrons. The number of nitrogens with zero attached hydrogens (tertiary/aromatic N) is 1. The first-order valence-corrected chi connectivity index (χ1v) is 6.41. The van der Waals surface area contributed by atoms with Crippen molar-refractivity contribution in [3.63, 3.8) is 0 Å². The maximum absolute atomic E-state index is 12.3. The van der Waals surface area contributed by atoms with Crippen LogP contribution in [0.4, 0.5) is 0 Å². The highest BCUT2D eigenvalue weighted by atomic mass is 35.5. The van der Waals surface area contributed by atoms with Crippen LogP contribution in [0.1, 0.15) is 0 Å². The molecule has 4 nitrogen and oxygen atoms in total. The van der Waals surface area contributed by atoms with Gasteiger partial charge in [0.05, 0.1) is 15.9 Å². The maximum atomic E-state index is 12.3. The molecular formula is C12H7ClN2O2S. The Labute approximate surface area is 110 Å². The van der Waals surface area contributed by atoms with Crippen LogP contribution in [0, 0.1) is 0 Å². The Kier molecular flexibility index (Phi) is 2.57. The number of aromatic nitrogens is 2. The summed E-state index contributed by atoms with van der Waals surface area (Å²) in [5, 5.41) is 3.03. The van der Waals surface area contributed by atoms with Gasteiger partial charge in [0.25, 0.3) is 5.56 Å². The lowest BCUT2D eigenvalue weighted by Crippen LogP contribution is -2.33. The molecule has 0 spiro atoms. The number of hydrogen-bond acceptors (Lipinski definition) is 3. The molecule has 3 rings (SSSR count). The van der Waals surface area contributed by atoms with Crippen molar-refractivity contribution in [3.8, 4) is 5.00 Å². The molecule has 0 unspecified atom stereocenters. The van der Waals surface area contributed by atoms with E-state index >= 15 is 0 Å². The van der Waals surface area contributed by atoms with Crippen molar-refractivity contribution in [3.05, 3.63) is 61.6 Å². The summed E-state index contributed by atoms with van der Waals surface area (Å²) in [6, 6.07) is 8.47. The highest BCUT2D eigenvalue weighted by molar-refractivity contribution is 7.12. The van der Waals surface area contributed by atoms with Gasteiger partial charge in [0.2, 0.25) is 0 Å². The highest BCUT2D eigenvalue weighted by Gasteiger charge is 2.12. The predicted molar refractivity (Wildman–Crippen MR) is 73.1 cm³/mol. The molecule has 0 atom stereocenters. The first-order valence-electron chi connectivity index (χ1n) is 5.16. The van der Waals surface area contributed by atoms with Gasteiger partial charge in [0.15, 0.2) is 0 Å². The van der Waals surface area contributed by atoms with Crippen LogP contribution >= 0.6 is 22.9 Å². The molecule has 0 aliphatic heterocycles. The lowest BCUT2D eigenvalue weighted by molar-refractivity contribution is 0.917. The quantitative estimate of drug-likeness (QED) is 0.743. The smallest absolute Gasteiger partial charge is 0.306 e. The van der Waals surface area contributed by atoms with Gasteiger partial charge in [-0.15, -0.1) is 11.3 Å². The molecule has 6 heteroatoms. The summed E-state index contributed by atoms with van der Waals surface area (Å²) >= 11 is 7.33. The number of halogens is 1. The Morgan fingerprint density at radius 3 is 2.72 bits per heavy atom. The van der Waals surface area contributed by atoms with E-state index in [1.54, 1.807) is 35.7 Å². The average molecular weight is 279 g/mol. The zero-order valence-corrected chi connectivity index (χ0v) is 10.6. The number of rotatable bonds is 1. The minimum atomic E-state index is -0.461. The van der Waals surface area contributed by atoms with E-state index in [0.717, 1.165) is 4.57 Å². The number of benzene rings is 1. The zero-order valence-electron chi connectivity index (χ0n) is 9.01. The first-order chi connectivity index (χ1) is 8.68. The van der Waals surface area contributed by atoms with E-state index in [1.807, 2.05) is 0 Å². The molecule has 1 aromatic carbocycles. The topological polar surface area (TPSA) is 54.9 Å². The molecule has 1 N–H and O–H groups in total. The van der Waals surface area contributed by atoms with Gasteiger partial charge in [-0.2, -0.15) is 0 Å². The second kappa shape index (κ2) is 4.12. The van der Waals surface area contributed by atoms with Crippen molar-refractivity contribution >= 4 is 33.8 Å². The number of thiophene rings is 1. The van der Waals surface area contributed by atoms with Gasteiger partial charge in [-0.3, -0.25) is 4.79 Å². The van der Waals surface area contributed by atoms with Gasteiger partial charge in [0.1, 0.15) is 5.00 Å². The van der Waals surface area contributed by atoms with Gasteiger partial charge in [-0.25, -0.2) is 9.36 Å². The van der Waals surface area contributed by atoms with Gasteiger partial charge in [-0.05, 0) is 29.6 Å². The summed E-state index contributed by atoms with van der Waals surface area (Å²) in [5.41, 5.74) is -0.413. The summed E-state index contributed by atoms with van der Waals surface area (Å²) < 4.78 is 1.10. The lowest BCUT2D eigenvalue weighted by atomic mass is 10.2. The summed E-state index contributed by atoms with van der Waals surface area (Å²) in [5.74, 6) is 0. The Morgan fingerprint density at radius 2 is 2.00 bits per heavy atom. The molecule has 0 saturated heterocycles. The average Bonchev–Trinajstić information content (AvgIpc) is 2.82. The standard InChI is InChI=1S/C12H7ClN2O2S/c13-7-3-1-4-8-10(7)11(16)15(12(17)14-8)9-5-2-6-18-9/h1-6H,(H,14,17). The van der Waals surface area contributed by atoms with Gasteiger partial charge in [0, 0.05) is 0 Å². The molecule has 0 bridgehead atoms. The van der Waals surface area contributed by atoms with Crippen LogP contribution in [0.15, 0.2) is 45.3 Å². The van der Waals surface area contributed by atoms with Crippen molar-refractivity contribution in [1.82, 2.24) is 9.55 Å². The van der Waals surface area contributed by atoms with Gasteiger partial charge >= 0.3 is 5.69 Å². The fourth-order valence-electron chi connectivity index (χ4n) is 1.82. The highest BCUT2D eigenvalue weighted by Crippen LogP contribution is 2.18. The van der Waals surface area contributed by atoms with Crippen LogP contribution < -0.4 is 11.2 Å². The Balaban J connectivity index is 2.52. The van der Waals surface area contributed by atoms with E-state index in [2.05, 4.69) is 4.98 Å². The van der Waals surface area contributed by atoms with Crippen molar-refractivity contribution in [1.29, 1.82) is 0 Å². The third-order valence-corrected chi connectivity index (χ3v) is 3.77. The monoisotopic (exact) mass is 278 g/mol. The minimum absolute atomic E-state index is 0.326. The van der Waals surface area contributed by atoms with Crippen LogP contribution in [0.2, 0.25) is 5.02 Å². The van der Waals surface area contributed by atoms with Gasteiger partial charge in [-0.1, -0.05) is 17.7 Å². The number of fused-ring (bicyclic) bond motifs is 1. The summed E-state index contributed by atoms with van der Waals surface area (Å²) in [7, 11) is 0. The van der Waals surface area contributed by atoms with Crippen LogP contribution in [-0.2, 0) is 0 Å². The fourth-order valence-corrected chi connectivity index (χ4v) is 2.80. The van der Waals surface area contributed by atoms with Crippen LogP contribution in [-0.4, -0.2) is 9.55 Å². The molecule has 2 heterocycles. The normalized spacial score (nSPS) is 10.9. The molecule has 0 aliphatic rings. The predicted octanol–water partition coefficient (Wildman–Crippen LogP) is 2.39. The number of H-pyrrole nitrogens is 1. The Bertz CT molecular complexity index is 833. The Hall–Kier alpha value is -1.85. The first kappa shape index (κ1) is 11.3. The van der Waals surface area contributed by atoms with Crippen LogP contribution in [0.25, 0.3) is 15.9 Å². The largest absolute Gasteiger partial charge is 0.334 e. The SMILES string of the molecule is O=c1[nH]c2cccc(Cl)c2c(=O)n1-c1cccs1. The van der Waals surface area contributed by atoms with E-state index in [-0.39, 0.29) is 0 Å². The van der Waals surface area contributed by atoms with E-state index in [1.165, 1.54) is 11.3 Å². The molecule has 2 aromatic heterocycles. The van der Waals surface area contributed by atoms with E-state index in [9.17, 15) is 9.59 Å². The fraction of sp³-hybridized carbons (Fsp3) is 0. The third-order valence-electron chi connectivity index (χ3n) is 2.60. The third kappa shape index (κ3) is 1.60. The maximum Gasteiger partial charge on any atom is 0.334 e. The summed E-state index contributed by atoms with van der Waals surface area (Å²) in [6.45, 7) is 0.